The van der Waals surface area contributed by atoms with Gasteiger partial charge in [-0.15, -0.1) is 0 Å². The molecule has 1 heterocycles. The lowest BCUT2D eigenvalue weighted by atomic mass is 10.1. The molecule has 2 aromatic carbocycles. The van der Waals surface area contributed by atoms with Gasteiger partial charge in [0, 0.05) is 29.8 Å². The minimum absolute atomic E-state index is 0.492. The number of rotatable bonds is 7. The Hall–Kier alpha value is -3.28. The zero-order chi connectivity index (χ0) is 19.8. The Labute approximate surface area is 165 Å². The predicted molar refractivity (Wildman–Crippen MR) is 113 cm³/mol. The summed E-state index contributed by atoms with van der Waals surface area (Å²) in [5, 5.41) is 8.97. The average molecular weight is 378 g/mol. The lowest BCUT2D eigenvalue weighted by Gasteiger charge is -2.13. The summed E-state index contributed by atoms with van der Waals surface area (Å²) < 4.78 is 10.7. The standard InChI is InChI=1S/C22H26N4O2/c1-4-23-22(25-14-17-9-10-18(27-2)13-21(17)28-3)26-15-20-19-8-6-5-7-16(19)11-12-24-20/h5-13H,4,14-15H2,1-3H3,(H2,23,25,26). The average Bonchev–Trinajstić information content (AvgIpc) is 2.75. The van der Waals surface area contributed by atoms with Crippen LogP contribution in [0.5, 0.6) is 11.5 Å². The summed E-state index contributed by atoms with van der Waals surface area (Å²) in [7, 11) is 3.29. The van der Waals surface area contributed by atoms with Gasteiger partial charge in [-0.05, 0) is 30.5 Å². The molecule has 0 amide bonds. The molecule has 0 atom stereocenters. The normalized spacial score (nSPS) is 11.3. The van der Waals surface area contributed by atoms with Crippen LogP contribution in [0.4, 0.5) is 0 Å². The fourth-order valence-corrected chi connectivity index (χ4v) is 2.98. The summed E-state index contributed by atoms with van der Waals surface area (Å²) in [5.74, 6) is 2.25. The van der Waals surface area contributed by atoms with Gasteiger partial charge in [-0.3, -0.25) is 4.98 Å². The predicted octanol–water partition coefficient (Wildman–Crippen LogP) is 3.51. The molecule has 0 saturated carbocycles. The lowest BCUT2D eigenvalue weighted by molar-refractivity contribution is 0.391. The Morgan fingerprint density at radius 3 is 2.68 bits per heavy atom. The molecule has 1 aromatic heterocycles. The van der Waals surface area contributed by atoms with Crippen molar-refractivity contribution in [3.8, 4) is 11.5 Å². The van der Waals surface area contributed by atoms with Crippen molar-refractivity contribution in [2.24, 2.45) is 4.99 Å². The molecule has 28 heavy (non-hydrogen) atoms. The van der Waals surface area contributed by atoms with E-state index in [1.165, 1.54) is 5.39 Å². The number of fused-ring (bicyclic) bond motifs is 1. The molecule has 0 aliphatic rings. The third-order valence-corrected chi connectivity index (χ3v) is 4.43. The molecule has 0 fully saturated rings. The number of aliphatic imine (C=N–C) groups is 1. The molecule has 0 aliphatic heterocycles. The Balaban J connectivity index is 1.74. The molecule has 0 radical (unpaired) electrons. The second-order valence-corrected chi connectivity index (χ2v) is 6.21. The molecule has 0 saturated heterocycles. The maximum absolute atomic E-state index is 5.46. The third-order valence-electron chi connectivity index (χ3n) is 4.43. The van der Waals surface area contributed by atoms with E-state index in [0.717, 1.165) is 40.6 Å². The molecule has 6 heteroatoms. The molecule has 0 unspecified atom stereocenters. The highest BCUT2D eigenvalue weighted by Gasteiger charge is 2.07. The fourth-order valence-electron chi connectivity index (χ4n) is 2.98. The Morgan fingerprint density at radius 2 is 1.89 bits per heavy atom. The molecule has 146 valence electrons. The van der Waals surface area contributed by atoms with Gasteiger partial charge in [0.1, 0.15) is 11.5 Å². The third kappa shape index (κ3) is 4.71. The van der Waals surface area contributed by atoms with Crippen molar-refractivity contribution in [2.45, 2.75) is 20.0 Å². The molecule has 0 bridgehead atoms. The van der Waals surface area contributed by atoms with E-state index in [1.54, 1.807) is 14.2 Å². The first kappa shape index (κ1) is 19.5. The van der Waals surface area contributed by atoms with Gasteiger partial charge in [0.15, 0.2) is 5.96 Å². The highest BCUT2D eigenvalue weighted by Crippen LogP contribution is 2.25. The fraction of sp³-hybridized carbons (Fsp3) is 0.273. The molecule has 0 aliphatic carbocycles. The first-order chi connectivity index (χ1) is 13.7. The van der Waals surface area contributed by atoms with E-state index < -0.39 is 0 Å². The Morgan fingerprint density at radius 1 is 1.04 bits per heavy atom. The highest BCUT2D eigenvalue weighted by atomic mass is 16.5. The molecular weight excluding hydrogens is 352 g/mol. The number of nitrogens with one attached hydrogen (secondary N) is 2. The number of nitrogens with zero attached hydrogens (tertiary/aromatic N) is 2. The van der Waals surface area contributed by atoms with Crippen molar-refractivity contribution in [2.75, 3.05) is 20.8 Å². The quantitative estimate of drug-likeness (QED) is 0.486. The van der Waals surface area contributed by atoms with Crippen molar-refractivity contribution in [3.05, 3.63) is 66.0 Å². The smallest absolute Gasteiger partial charge is 0.191 e. The zero-order valence-corrected chi connectivity index (χ0v) is 16.5. The van der Waals surface area contributed by atoms with Gasteiger partial charge in [-0.2, -0.15) is 0 Å². The summed E-state index contributed by atoms with van der Waals surface area (Å²) >= 11 is 0. The lowest BCUT2D eigenvalue weighted by Crippen LogP contribution is -2.37. The van der Waals surface area contributed by atoms with E-state index in [2.05, 4.69) is 32.7 Å². The second kappa shape index (κ2) is 9.60. The maximum Gasteiger partial charge on any atom is 0.191 e. The van der Waals surface area contributed by atoms with Crippen LogP contribution in [0, 0.1) is 0 Å². The largest absolute Gasteiger partial charge is 0.497 e. The molecule has 3 rings (SSSR count). The van der Waals surface area contributed by atoms with Crippen molar-refractivity contribution in [1.82, 2.24) is 15.6 Å². The van der Waals surface area contributed by atoms with Crippen molar-refractivity contribution in [3.63, 3.8) is 0 Å². The van der Waals surface area contributed by atoms with Crippen LogP contribution in [0.3, 0.4) is 0 Å². The van der Waals surface area contributed by atoms with Gasteiger partial charge in [0.05, 0.1) is 33.0 Å². The van der Waals surface area contributed by atoms with E-state index in [-0.39, 0.29) is 0 Å². The number of guanidine groups is 1. The van der Waals surface area contributed by atoms with E-state index in [0.29, 0.717) is 13.1 Å². The summed E-state index contributed by atoms with van der Waals surface area (Å²) in [6.45, 7) is 3.90. The highest BCUT2D eigenvalue weighted by molar-refractivity contribution is 5.85. The number of hydrogen-bond acceptors (Lipinski definition) is 4. The van der Waals surface area contributed by atoms with Crippen LogP contribution in [0.1, 0.15) is 18.2 Å². The van der Waals surface area contributed by atoms with Crippen LogP contribution in [0.2, 0.25) is 0 Å². The monoisotopic (exact) mass is 378 g/mol. The molecule has 0 spiro atoms. The Kier molecular flexibility index (Phi) is 6.68. The Bertz CT molecular complexity index is 951. The van der Waals surface area contributed by atoms with Crippen LogP contribution in [0.25, 0.3) is 10.8 Å². The van der Waals surface area contributed by atoms with E-state index in [9.17, 15) is 0 Å². The topological polar surface area (TPSA) is 67.8 Å². The number of methoxy groups -OCH3 is 2. The van der Waals surface area contributed by atoms with Gasteiger partial charge >= 0.3 is 0 Å². The minimum Gasteiger partial charge on any atom is -0.497 e. The number of hydrogen-bond donors (Lipinski definition) is 2. The molecule has 6 nitrogen and oxygen atoms in total. The summed E-state index contributed by atoms with van der Waals surface area (Å²) in [4.78, 5) is 9.21. The van der Waals surface area contributed by atoms with Crippen LogP contribution in [-0.2, 0) is 13.1 Å². The van der Waals surface area contributed by atoms with Gasteiger partial charge in [0.2, 0.25) is 0 Å². The minimum atomic E-state index is 0.492. The van der Waals surface area contributed by atoms with Crippen molar-refractivity contribution < 1.29 is 9.47 Å². The van der Waals surface area contributed by atoms with Gasteiger partial charge in [0.25, 0.3) is 0 Å². The van der Waals surface area contributed by atoms with Crippen LogP contribution >= 0.6 is 0 Å². The van der Waals surface area contributed by atoms with E-state index in [1.807, 2.05) is 49.5 Å². The number of pyridine rings is 1. The first-order valence-electron chi connectivity index (χ1n) is 9.31. The van der Waals surface area contributed by atoms with E-state index >= 15 is 0 Å². The SMILES string of the molecule is CCNC(=NCc1ccc(OC)cc1OC)NCc1nccc2ccccc12. The van der Waals surface area contributed by atoms with Crippen molar-refractivity contribution in [1.29, 1.82) is 0 Å². The van der Waals surface area contributed by atoms with Gasteiger partial charge in [-0.1, -0.05) is 24.3 Å². The summed E-state index contributed by atoms with van der Waals surface area (Å²) in [5.41, 5.74) is 1.98. The zero-order valence-electron chi connectivity index (χ0n) is 16.5. The number of benzene rings is 2. The summed E-state index contributed by atoms with van der Waals surface area (Å²) in [6, 6.07) is 16.0. The van der Waals surface area contributed by atoms with Gasteiger partial charge in [-0.25, -0.2) is 4.99 Å². The summed E-state index contributed by atoms with van der Waals surface area (Å²) in [6.07, 6.45) is 1.84. The molecular formula is C22H26N4O2. The molecule has 3 aromatic rings. The number of ether oxygens (including phenoxy) is 2. The van der Waals surface area contributed by atoms with E-state index in [4.69, 9.17) is 9.47 Å². The van der Waals surface area contributed by atoms with Crippen LogP contribution in [0.15, 0.2) is 59.7 Å². The first-order valence-corrected chi connectivity index (χ1v) is 9.31. The van der Waals surface area contributed by atoms with Crippen molar-refractivity contribution >= 4 is 16.7 Å². The molecule has 2 N–H and O–H groups in total. The van der Waals surface area contributed by atoms with Crippen LogP contribution in [-0.4, -0.2) is 31.7 Å². The van der Waals surface area contributed by atoms with Gasteiger partial charge < -0.3 is 20.1 Å². The second-order valence-electron chi connectivity index (χ2n) is 6.21. The maximum atomic E-state index is 5.46. The van der Waals surface area contributed by atoms with Crippen LogP contribution < -0.4 is 20.1 Å². The number of aromatic nitrogens is 1.